The largest absolute Gasteiger partial charge is 0.279 e. The Hall–Kier alpha value is -0.450. The molecule has 0 atom stereocenters. The predicted molar refractivity (Wildman–Crippen MR) is 27.4 cm³/mol. The van der Waals surface area contributed by atoms with Gasteiger partial charge in [0.15, 0.2) is 0 Å². The smallest absolute Gasteiger partial charge is 0.105 e. The van der Waals surface area contributed by atoms with E-state index in [1.54, 1.807) is 5.01 Å². The van der Waals surface area contributed by atoms with Crippen molar-refractivity contribution >= 4 is 6.21 Å². The van der Waals surface area contributed by atoms with E-state index in [-0.39, 0.29) is 0 Å². The van der Waals surface area contributed by atoms with Crippen molar-refractivity contribution in [2.45, 2.75) is 0 Å². The molecular weight excluding hydrogens is 92.1 g/mol. The van der Waals surface area contributed by atoms with E-state index in [1.165, 1.54) is 0 Å². The van der Waals surface area contributed by atoms with Crippen LogP contribution >= 0.6 is 0 Å². The first kappa shape index (κ1) is 4.70. The van der Waals surface area contributed by atoms with Crippen LogP contribution in [0.2, 0.25) is 0 Å². The van der Waals surface area contributed by atoms with Gasteiger partial charge in [0.05, 0.1) is 6.54 Å². The zero-order valence-corrected chi connectivity index (χ0v) is 3.96. The summed E-state index contributed by atoms with van der Waals surface area (Å²) in [5.41, 5.74) is 2.47. The van der Waals surface area contributed by atoms with Crippen molar-refractivity contribution in [1.29, 1.82) is 0 Å². The molecule has 1 heterocycles. The highest BCUT2D eigenvalue weighted by Crippen LogP contribution is 1.84. The molecule has 0 aliphatic carbocycles. The lowest BCUT2D eigenvalue weighted by Gasteiger charge is -2.08. The fraction of sp³-hybridized carbons (Fsp3) is 0.667. The summed E-state index contributed by atoms with van der Waals surface area (Å²) in [6.07, 6.45) is 1.82. The Morgan fingerprint density at radius 2 is 2.71 bits per heavy atom. The standard InChI is InChI=1S/C3H8N4/c4-6-7-2-1-5-3-7/h1,6H,2-4H2. The topological polar surface area (TPSA) is 53.6 Å². The maximum absolute atomic E-state index is 5.03. The van der Waals surface area contributed by atoms with Crippen molar-refractivity contribution < 1.29 is 0 Å². The van der Waals surface area contributed by atoms with Gasteiger partial charge in [-0.25, -0.2) is 5.01 Å². The minimum Gasteiger partial charge on any atom is -0.279 e. The van der Waals surface area contributed by atoms with Crippen LogP contribution in [-0.2, 0) is 0 Å². The van der Waals surface area contributed by atoms with E-state index in [0.717, 1.165) is 6.54 Å². The fourth-order valence-electron chi connectivity index (χ4n) is 0.464. The van der Waals surface area contributed by atoms with Gasteiger partial charge < -0.3 is 0 Å². The molecule has 0 aromatic carbocycles. The van der Waals surface area contributed by atoms with Gasteiger partial charge in [-0.3, -0.25) is 10.8 Å². The van der Waals surface area contributed by atoms with Crippen LogP contribution in [0, 0.1) is 0 Å². The molecular formula is C3H8N4. The zero-order chi connectivity index (χ0) is 5.11. The van der Waals surface area contributed by atoms with Gasteiger partial charge >= 0.3 is 0 Å². The molecule has 40 valence electrons. The Morgan fingerprint density at radius 1 is 1.86 bits per heavy atom. The molecule has 0 amide bonds. The SMILES string of the molecule is NNN1CC=NC1. The van der Waals surface area contributed by atoms with E-state index < -0.39 is 0 Å². The maximum Gasteiger partial charge on any atom is 0.105 e. The van der Waals surface area contributed by atoms with Crippen LogP contribution in [-0.4, -0.2) is 24.4 Å². The fourth-order valence-corrected chi connectivity index (χ4v) is 0.464. The van der Waals surface area contributed by atoms with Crippen molar-refractivity contribution in [2.75, 3.05) is 13.2 Å². The van der Waals surface area contributed by atoms with E-state index in [0.29, 0.717) is 6.67 Å². The molecule has 0 saturated carbocycles. The first-order valence-corrected chi connectivity index (χ1v) is 2.13. The van der Waals surface area contributed by atoms with Crippen LogP contribution in [0.5, 0.6) is 0 Å². The number of aliphatic imine (C=N–C) groups is 1. The molecule has 0 unspecified atom stereocenters. The Balaban J connectivity index is 2.22. The van der Waals surface area contributed by atoms with Gasteiger partial charge in [-0.2, -0.15) is 5.53 Å². The van der Waals surface area contributed by atoms with Gasteiger partial charge in [-0.15, -0.1) is 0 Å². The Morgan fingerprint density at radius 3 is 3.00 bits per heavy atom. The van der Waals surface area contributed by atoms with Gasteiger partial charge in [-0.1, -0.05) is 0 Å². The monoisotopic (exact) mass is 100 g/mol. The van der Waals surface area contributed by atoms with Gasteiger partial charge in [0, 0.05) is 6.21 Å². The van der Waals surface area contributed by atoms with Gasteiger partial charge in [-0.05, 0) is 0 Å². The average molecular weight is 100 g/mol. The lowest BCUT2D eigenvalue weighted by atomic mass is 10.7. The highest BCUT2D eigenvalue weighted by Gasteiger charge is 2.01. The minimum absolute atomic E-state index is 0.677. The van der Waals surface area contributed by atoms with E-state index >= 15 is 0 Å². The number of nitrogens with one attached hydrogen (secondary N) is 1. The van der Waals surface area contributed by atoms with Crippen molar-refractivity contribution in [1.82, 2.24) is 10.5 Å². The normalized spacial score (nSPS) is 21.3. The molecule has 4 nitrogen and oxygen atoms in total. The minimum atomic E-state index is 0.677. The molecule has 7 heavy (non-hydrogen) atoms. The third-order valence-electron chi connectivity index (χ3n) is 0.866. The summed E-state index contributed by atoms with van der Waals surface area (Å²) in [6, 6.07) is 0. The number of hydrazine groups is 2. The third kappa shape index (κ3) is 0.957. The molecule has 0 radical (unpaired) electrons. The summed E-state index contributed by atoms with van der Waals surface area (Å²) in [5, 5.41) is 1.79. The Bertz CT molecular complexity index is 71.0. The second kappa shape index (κ2) is 2.02. The van der Waals surface area contributed by atoms with Gasteiger partial charge in [0.1, 0.15) is 6.67 Å². The Labute approximate surface area is 41.9 Å². The number of nitrogens with two attached hydrogens (primary N) is 1. The maximum atomic E-state index is 5.03. The number of rotatable bonds is 1. The van der Waals surface area contributed by atoms with Gasteiger partial charge in [0.2, 0.25) is 0 Å². The van der Waals surface area contributed by atoms with E-state index in [9.17, 15) is 0 Å². The molecule has 1 rings (SSSR count). The molecule has 0 fully saturated rings. The van der Waals surface area contributed by atoms with Crippen molar-refractivity contribution in [3.05, 3.63) is 0 Å². The first-order valence-electron chi connectivity index (χ1n) is 2.13. The van der Waals surface area contributed by atoms with Crippen molar-refractivity contribution in [2.24, 2.45) is 10.8 Å². The summed E-state index contributed by atoms with van der Waals surface area (Å²) in [5.74, 6) is 5.03. The lowest BCUT2D eigenvalue weighted by Crippen LogP contribution is -2.41. The summed E-state index contributed by atoms with van der Waals surface area (Å²) in [7, 11) is 0. The van der Waals surface area contributed by atoms with Crippen LogP contribution in [0.4, 0.5) is 0 Å². The number of hydrogen-bond donors (Lipinski definition) is 2. The molecule has 1 aliphatic rings. The van der Waals surface area contributed by atoms with Crippen molar-refractivity contribution in [3.63, 3.8) is 0 Å². The summed E-state index contributed by atoms with van der Waals surface area (Å²) in [4.78, 5) is 3.89. The summed E-state index contributed by atoms with van der Waals surface area (Å²) >= 11 is 0. The second-order valence-electron chi connectivity index (χ2n) is 1.36. The summed E-state index contributed by atoms with van der Waals surface area (Å²) in [6.45, 7) is 1.49. The molecule has 1 aliphatic heterocycles. The molecule has 0 aromatic heterocycles. The second-order valence-corrected chi connectivity index (χ2v) is 1.36. The Kier molecular flexibility index (Phi) is 1.35. The third-order valence-corrected chi connectivity index (χ3v) is 0.866. The molecule has 0 saturated heterocycles. The van der Waals surface area contributed by atoms with Crippen LogP contribution in [0.15, 0.2) is 4.99 Å². The molecule has 0 aromatic rings. The molecule has 3 N–H and O–H groups in total. The van der Waals surface area contributed by atoms with Crippen LogP contribution < -0.4 is 11.4 Å². The van der Waals surface area contributed by atoms with Crippen LogP contribution in [0.1, 0.15) is 0 Å². The highest BCUT2D eigenvalue weighted by atomic mass is 15.6. The predicted octanol–water partition coefficient (Wildman–Crippen LogP) is -1.29. The first-order chi connectivity index (χ1) is 3.43. The van der Waals surface area contributed by atoms with E-state index in [2.05, 4.69) is 10.5 Å². The number of hydrogen-bond acceptors (Lipinski definition) is 4. The highest BCUT2D eigenvalue weighted by molar-refractivity contribution is 5.61. The molecule has 0 spiro atoms. The molecule has 4 heteroatoms. The number of nitrogens with zero attached hydrogens (tertiary/aromatic N) is 2. The van der Waals surface area contributed by atoms with Crippen molar-refractivity contribution in [3.8, 4) is 0 Å². The average Bonchev–Trinajstić information content (AvgIpc) is 2.14. The van der Waals surface area contributed by atoms with Gasteiger partial charge in [0.25, 0.3) is 0 Å². The van der Waals surface area contributed by atoms with E-state index in [1.807, 2.05) is 6.21 Å². The lowest BCUT2D eigenvalue weighted by molar-refractivity contribution is 0.243. The molecule has 0 bridgehead atoms. The van der Waals surface area contributed by atoms with E-state index in [4.69, 9.17) is 5.84 Å². The van der Waals surface area contributed by atoms with Crippen LogP contribution in [0.25, 0.3) is 0 Å². The quantitative estimate of drug-likeness (QED) is 0.318. The zero-order valence-electron chi connectivity index (χ0n) is 3.96. The van der Waals surface area contributed by atoms with Crippen LogP contribution in [0.3, 0.4) is 0 Å². The summed E-state index contributed by atoms with van der Waals surface area (Å²) < 4.78 is 0.